The smallest absolute Gasteiger partial charge is 0.273 e. The van der Waals surface area contributed by atoms with Crippen LogP contribution in [0.5, 0.6) is 0 Å². The lowest BCUT2D eigenvalue weighted by molar-refractivity contribution is 0.0873. The van der Waals surface area contributed by atoms with Gasteiger partial charge in [0.05, 0.1) is 25.4 Å². The van der Waals surface area contributed by atoms with Crippen molar-refractivity contribution in [2.45, 2.75) is 19.0 Å². The molecule has 0 spiro atoms. The van der Waals surface area contributed by atoms with Gasteiger partial charge in [-0.2, -0.15) is 0 Å². The van der Waals surface area contributed by atoms with Crippen LogP contribution in [-0.2, 0) is 11.3 Å². The zero-order valence-electron chi connectivity index (χ0n) is 10.4. The Bertz CT molecular complexity index is 362. The quantitative estimate of drug-likeness (QED) is 0.514. The number of carbonyl (C=O) groups is 1. The summed E-state index contributed by atoms with van der Waals surface area (Å²) >= 11 is 0. The highest BCUT2D eigenvalue weighted by atomic mass is 16.5. The number of hydrogen-bond donors (Lipinski definition) is 3. The van der Waals surface area contributed by atoms with Gasteiger partial charge in [-0.25, -0.2) is 0 Å². The van der Waals surface area contributed by atoms with Crippen LogP contribution in [0.1, 0.15) is 16.9 Å². The zero-order chi connectivity index (χ0) is 13.4. The van der Waals surface area contributed by atoms with Crippen molar-refractivity contribution < 1.29 is 14.6 Å². The molecule has 1 unspecified atom stereocenters. The summed E-state index contributed by atoms with van der Waals surface area (Å²) in [5.74, 6) is -0.339. The van der Waals surface area contributed by atoms with E-state index in [4.69, 9.17) is 15.6 Å². The number of nitrogens with two attached hydrogens (primary N) is 1. The molecule has 18 heavy (non-hydrogen) atoms. The summed E-state index contributed by atoms with van der Waals surface area (Å²) < 4.78 is 6.46. The molecule has 0 bridgehead atoms. The average Bonchev–Trinajstić information content (AvgIpc) is 2.79. The highest BCUT2D eigenvalue weighted by Crippen LogP contribution is 1.97. The number of hydrogen-bond acceptors (Lipinski definition) is 6. The Morgan fingerprint density at radius 2 is 2.50 bits per heavy atom. The molecule has 1 heterocycles. The number of amides is 1. The van der Waals surface area contributed by atoms with Crippen LogP contribution in [0.4, 0.5) is 0 Å². The second-order valence-corrected chi connectivity index (χ2v) is 3.79. The van der Waals surface area contributed by atoms with E-state index in [1.54, 1.807) is 0 Å². The number of nitrogens with one attached hydrogen (secondary N) is 1. The molecule has 0 radical (unpaired) electrons. The van der Waals surface area contributed by atoms with E-state index in [1.807, 2.05) is 0 Å². The standard InChI is InChI=1S/C10H19N5O3/c1-18-7-8(2-5-16)12-10(17)9-6-15(4-3-11)14-13-9/h6,8,16H,2-5,7,11H2,1H3,(H,12,17). The fraction of sp³-hybridized carbons (Fsp3) is 0.700. The number of carbonyl (C=O) groups excluding carboxylic acids is 1. The van der Waals surface area contributed by atoms with E-state index < -0.39 is 0 Å². The fourth-order valence-electron chi connectivity index (χ4n) is 1.46. The van der Waals surface area contributed by atoms with Crippen molar-refractivity contribution in [1.29, 1.82) is 0 Å². The monoisotopic (exact) mass is 257 g/mol. The largest absolute Gasteiger partial charge is 0.396 e. The molecule has 1 amide bonds. The molecule has 0 aliphatic carbocycles. The van der Waals surface area contributed by atoms with Crippen LogP contribution in [0.25, 0.3) is 0 Å². The molecule has 0 aromatic carbocycles. The van der Waals surface area contributed by atoms with Crippen molar-refractivity contribution >= 4 is 5.91 Å². The first kappa shape index (κ1) is 14.6. The molecule has 8 heteroatoms. The lowest BCUT2D eigenvalue weighted by atomic mass is 10.2. The minimum atomic E-state index is -0.339. The number of ether oxygens (including phenoxy) is 1. The molecule has 1 aromatic rings. The van der Waals surface area contributed by atoms with Crippen LogP contribution >= 0.6 is 0 Å². The molecule has 102 valence electrons. The van der Waals surface area contributed by atoms with E-state index in [0.29, 0.717) is 26.1 Å². The van der Waals surface area contributed by atoms with Gasteiger partial charge in [0.1, 0.15) is 0 Å². The van der Waals surface area contributed by atoms with Gasteiger partial charge in [-0.05, 0) is 6.42 Å². The summed E-state index contributed by atoms with van der Waals surface area (Å²) in [6, 6.07) is -0.243. The average molecular weight is 257 g/mol. The van der Waals surface area contributed by atoms with Gasteiger partial charge < -0.3 is 20.9 Å². The fourth-order valence-corrected chi connectivity index (χ4v) is 1.46. The van der Waals surface area contributed by atoms with Gasteiger partial charge in [-0.15, -0.1) is 5.10 Å². The van der Waals surface area contributed by atoms with Crippen molar-refractivity contribution in [2.75, 3.05) is 26.9 Å². The number of aliphatic hydroxyl groups is 1. The first-order valence-corrected chi connectivity index (χ1v) is 5.72. The lowest BCUT2D eigenvalue weighted by Crippen LogP contribution is -2.38. The molecule has 0 saturated carbocycles. The summed E-state index contributed by atoms with van der Waals surface area (Å²) in [5, 5.41) is 19.1. The Labute approximate surface area is 105 Å². The Hall–Kier alpha value is -1.51. The predicted molar refractivity (Wildman–Crippen MR) is 63.9 cm³/mol. The van der Waals surface area contributed by atoms with Gasteiger partial charge in [0.15, 0.2) is 5.69 Å². The van der Waals surface area contributed by atoms with Crippen LogP contribution in [0, 0.1) is 0 Å². The summed E-state index contributed by atoms with van der Waals surface area (Å²) in [7, 11) is 1.54. The molecular weight excluding hydrogens is 238 g/mol. The van der Waals surface area contributed by atoms with Gasteiger partial charge in [0, 0.05) is 20.3 Å². The van der Waals surface area contributed by atoms with E-state index in [1.165, 1.54) is 18.0 Å². The number of rotatable bonds is 8. The number of nitrogens with zero attached hydrogens (tertiary/aromatic N) is 3. The molecule has 0 saturated heterocycles. The molecule has 8 nitrogen and oxygen atoms in total. The Morgan fingerprint density at radius 1 is 1.72 bits per heavy atom. The maximum Gasteiger partial charge on any atom is 0.273 e. The van der Waals surface area contributed by atoms with E-state index in [0.717, 1.165) is 0 Å². The summed E-state index contributed by atoms with van der Waals surface area (Å²) in [5.41, 5.74) is 5.60. The molecule has 0 aliphatic heterocycles. The van der Waals surface area contributed by atoms with Gasteiger partial charge >= 0.3 is 0 Å². The molecule has 1 atom stereocenters. The first-order valence-electron chi connectivity index (χ1n) is 5.72. The molecule has 0 fully saturated rings. The molecule has 0 aliphatic rings. The number of methoxy groups -OCH3 is 1. The van der Waals surface area contributed by atoms with E-state index in [9.17, 15) is 4.79 Å². The second-order valence-electron chi connectivity index (χ2n) is 3.79. The van der Waals surface area contributed by atoms with Crippen molar-refractivity contribution in [2.24, 2.45) is 5.73 Å². The summed E-state index contributed by atoms with van der Waals surface area (Å²) in [6.07, 6.45) is 1.96. The van der Waals surface area contributed by atoms with Gasteiger partial charge in [0.25, 0.3) is 5.91 Å². The maximum absolute atomic E-state index is 11.8. The number of aromatic nitrogens is 3. The lowest BCUT2D eigenvalue weighted by Gasteiger charge is -2.15. The minimum absolute atomic E-state index is 0.0197. The molecule has 1 aromatic heterocycles. The molecular formula is C10H19N5O3. The third-order valence-corrected chi connectivity index (χ3v) is 2.31. The number of aliphatic hydroxyl groups excluding tert-OH is 1. The summed E-state index contributed by atoms with van der Waals surface area (Å²) in [4.78, 5) is 11.8. The third kappa shape index (κ3) is 4.40. The first-order chi connectivity index (χ1) is 8.71. The van der Waals surface area contributed by atoms with Crippen molar-refractivity contribution in [3.05, 3.63) is 11.9 Å². The molecule has 4 N–H and O–H groups in total. The van der Waals surface area contributed by atoms with Crippen LogP contribution < -0.4 is 11.1 Å². The SMILES string of the molecule is COCC(CCO)NC(=O)c1cn(CCN)nn1. The Morgan fingerprint density at radius 3 is 3.11 bits per heavy atom. The highest BCUT2D eigenvalue weighted by Gasteiger charge is 2.16. The Kier molecular flexibility index (Phi) is 6.26. The van der Waals surface area contributed by atoms with Gasteiger partial charge in [0.2, 0.25) is 0 Å². The van der Waals surface area contributed by atoms with Crippen LogP contribution in [0.2, 0.25) is 0 Å². The van der Waals surface area contributed by atoms with Gasteiger partial charge in [-0.1, -0.05) is 5.21 Å². The van der Waals surface area contributed by atoms with Gasteiger partial charge in [-0.3, -0.25) is 9.48 Å². The van der Waals surface area contributed by atoms with Crippen LogP contribution in [0.15, 0.2) is 6.20 Å². The van der Waals surface area contributed by atoms with E-state index >= 15 is 0 Å². The van der Waals surface area contributed by atoms with Crippen LogP contribution in [0.3, 0.4) is 0 Å². The van der Waals surface area contributed by atoms with Crippen molar-refractivity contribution in [1.82, 2.24) is 20.3 Å². The molecule has 1 rings (SSSR count). The Balaban J connectivity index is 2.56. The van der Waals surface area contributed by atoms with Crippen molar-refractivity contribution in [3.63, 3.8) is 0 Å². The maximum atomic E-state index is 11.8. The minimum Gasteiger partial charge on any atom is -0.396 e. The second kappa shape index (κ2) is 7.75. The van der Waals surface area contributed by atoms with E-state index in [-0.39, 0.29) is 24.2 Å². The third-order valence-electron chi connectivity index (χ3n) is 2.31. The summed E-state index contributed by atoms with van der Waals surface area (Å²) in [6.45, 7) is 1.26. The zero-order valence-corrected chi connectivity index (χ0v) is 10.4. The normalized spacial score (nSPS) is 12.4. The van der Waals surface area contributed by atoms with Crippen LogP contribution in [-0.4, -0.2) is 58.9 Å². The highest BCUT2D eigenvalue weighted by molar-refractivity contribution is 5.92. The van der Waals surface area contributed by atoms with Crippen molar-refractivity contribution in [3.8, 4) is 0 Å². The predicted octanol–water partition coefficient (Wildman–Crippen LogP) is -1.64. The van der Waals surface area contributed by atoms with E-state index in [2.05, 4.69) is 15.6 Å². The topological polar surface area (TPSA) is 115 Å².